The van der Waals surface area contributed by atoms with E-state index in [0.29, 0.717) is 11.1 Å². The van der Waals surface area contributed by atoms with Crippen LogP contribution in [0.3, 0.4) is 0 Å². The number of benzene rings is 2. The summed E-state index contributed by atoms with van der Waals surface area (Å²) in [5, 5.41) is 0.294. The first-order valence-corrected chi connectivity index (χ1v) is 12.9. The quantitative estimate of drug-likeness (QED) is 0.341. The lowest BCUT2D eigenvalue weighted by atomic mass is 9.77. The number of halogens is 8. The monoisotopic (exact) mass is 572 g/mol. The third kappa shape index (κ3) is 2.83. The number of allylic oxidation sites excluding steroid dienone is 2. The van der Waals surface area contributed by atoms with Crippen molar-refractivity contribution in [3.05, 3.63) is 94.3 Å². The largest absolute Gasteiger partial charge is 0.435 e. The highest BCUT2D eigenvalue weighted by Crippen LogP contribution is 2.74. The number of hydrogen-bond acceptors (Lipinski definition) is 4. The minimum Gasteiger partial charge on any atom is -0.244 e. The van der Waals surface area contributed by atoms with Gasteiger partial charge in [0.1, 0.15) is 10.1 Å². The van der Waals surface area contributed by atoms with Gasteiger partial charge in [-0.2, -0.15) is 30.7 Å². The summed E-state index contributed by atoms with van der Waals surface area (Å²) in [5.41, 5.74) is -10.2. The first-order valence-electron chi connectivity index (χ1n) is 11.3. The number of nitrogens with zero attached hydrogens (tertiary/aromatic N) is 2. The van der Waals surface area contributed by atoms with Crippen molar-refractivity contribution in [3.63, 3.8) is 0 Å². The van der Waals surface area contributed by atoms with Crippen LogP contribution >= 0.6 is 23.5 Å². The van der Waals surface area contributed by atoms with Crippen molar-refractivity contribution in [1.29, 1.82) is 0 Å². The fourth-order valence-electron chi connectivity index (χ4n) is 5.34. The average Bonchev–Trinajstić information content (AvgIpc) is 3.44. The maximum absolute atomic E-state index is 15.7. The van der Waals surface area contributed by atoms with Crippen LogP contribution in [-0.2, 0) is 0 Å². The molecule has 0 saturated heterocycles. The molecule has 0 radical (unpaired) electrons. The average molecular weight is 573 g/mol. The van der Waals surface area contributed by atoms with E-state index in [4.69, 9.17) is 0 Å². The molecular weight excluding hydrogens is 556 g/mol. The van der Waals surface area contributed by atoms with Crippen molar-refractivity contribution in [3.8, 4) is 0 Å². The Morgan fingerprint density at radius 1 is 0.605 bits per heavy atom. The molecule has 1 fully saturated rings. The Morgan fingerprint density at radius 3 is 1.26 bits per heavy atom. The molecule has 0 spiro atoms. The van der Waals surface area contributed by atoms with Gasteiger partial charge in [-0.25, -0.2) is 14.4 Å². The van der Waals surface area contributed by atoms with E-state index < -0.39 is 55.7 Å². The molecule has 2 aromatic rings. The molecule has 12 heteroatoms. The molecule has 0 aromatic heterocycles. The summed E-state index contributed by atoms with van der Waals surface area (Å²) in [6.07, 6.45) is -6.60. The van der Waals surface area contributed by atoms with Gasteiger partial charge in [0, 0.05) is 11.1 Å². The van der Waals surface area contributed by atoms with Gasteiger partial charge < -0.3 is 0 Å². The lowest BCUT2D eigenvalue weighted by molar-refractivity contribution is -0.334. The normalized spacial score (nSPS) is 33.1. The standard InChI is InChI=1S/C26H16F8N2S2/c1-21-17(35-19(37-21)13-9-5-3-6-10-13)15-16(24(29,30)25(31,23(15,27)28)26(32,33)34)18-22(21,2)38-20(36-18)14-11-7-4-8-12-14/h3-12H,1-2H3. The van der Waals surface area contributed by atoms with Gasteiger partial charge in [-0.1, -0.05) is 84.2 Å². The predicted octanol–water partition coefficient (Wildman–Crippen LogP) is 7.97. The third-order valence-corrected chi connectivity index (χ3v) is 10.7. The molecular formula is C26H16F8N2S2. The second-order valence-corrected chi connectivity index (χ2v) is 12.4. The van der Waals surface area contributed by atoms with Crippen molar-refractivity contribution in [2.75, 3.05) is 0 Å². The van der Waals surface area contributed by atoms with Crippen LogP contribution in [0, 0.1) is 0 Å². The van der Waals surface area contributed by atoms with E-state index in [1.165, 1.54) is 13.8 Å². The van der Waals surface area contributed by atoms with Gasteiger partial charge in [0.25, 0.3) is 0 Å². The molecule has 2 heterocycles. The summed E-state index contributed by atoms with van der Waals surface area (Å²) in [6.45, 7) is 2.90. The van der Waals surface area contributed by atoms with Gasteiger partial charge in [0.15, 0.2) is 0 Å². The Morgan fingerprint density at radius 2 is 0.947 bits per heavy atom. The van der Waals surface area contributed by atoms with Gasteiger partial charge in [0.05, 0.1) is 32.0 Å². The molecule has 2 atom stereocenters. The minimum atomic E-state index is -6.60. The van der Waals surface area contributed by atoms with Gasteiger partial charge in [0.2, 0.25) is 0 Å². The molecule has 1 saturated carbocycles. The highest BCUT2D eigenvalue weighted by Gasteiger charge is 2.92. The molecule has 2 unspecified atom stereocenters. The third-order valence-electron chi connectivity index (χ3n) is 7.49. The van der Waals surface area contributed by atoms with E-state index in [-0.39, 0.29) is 10.1 Å². The van der Waals surface area contributed by atoms with E-state index in [1.807, 2.05) is 0 Å². The zero-order valence-corrected chi connectivity index (χ0v) is 21.1. The van der Waals surface area contributed by atoms with Crippen LogP contribution in [0.4, 0.5) is 35.1 Å². The summed E-state index contributed by atoms with van der Waals surface area (Å²) in [4.78, 5) is 8.44. The number of rotatable bonds is 2. The van der Waals surface area contributed by atoms with Gasteiger partial charge in [-0.05, 0) is 13.8 Å². The Bertz CT molecular complexity index is 1390. The highest BCUT2D eigenvalue weighted by molar-refractivity contribution is 8.20. The molecule has 0 amide bonds. The summed E-state index contributed by atoms with van der Waals surface area (Å²) < 4.78 is 117. The van der Waals surface area contributed by atoms with Crippen molar-refractivity contribution in [2.24, 2.45) is 9.98 Å². The Hall–Kier alpha value is -2.60. The molecule has 2 aliphatic heterocycles. The minimum absolute atomic E-state index is 0.147. The van der Waals surface area contributed by atoms with E-state index in [1.54, 1.807) is 60.7 Å². The highest BCUT2D eigenvalue weighted by atomic mass is 32.2. The summed E-state index contributed by atoms with van der Waals surface area (Å²) in [5.74, 6) is -11.3. The Kier molecular flexibility index (Phi) is 5.08. The maximum atomic E-state index is 15.7. The van der Waals surface area contributed by atoms with Crippen molar-refractivity contribution < 1.29 is 35.1 Å². The van der Waals surface area contributed by atoms with E-state index in [2.05, 4.69) is 9.98 Å². The van der Waals surface area contributed by atoms with Crippen molar-refractivity contribution in [2.45, 2.75) is 47.0 Å². The fraction of sp³-hybridized carbons (Fsp3) is 0.308. The molecule has 2 aromatic carbocycles. The molecule has 198 valence electrons. The Balaban J connectivity index is 1.71. The van der Waals surface area contributed by atoms with Gasteiger partial charge >= 0.3 is 23.7 Å². The van der Waals surface area contributed by atoms with E-state index in [9.17, 15) is 13.2 Å². The number of alkyl halides is 8. The first-order chi connectivity index (χ1) is 17.6. The molecule has 0 N–H and O–H groups in total. The van der Waals surface area contributed by atoms with Crippen LogP contribution in [0.5, 0.6) is 0 Å². The molecule has 38 heavy (non-hydrogen) atoms. The number of thioether (sulfide) groups is 2. The summed E-state index contributed by atoms with van der Waals surface area (Å²) in [7, 11) is 0. The van der Waals surface area contributed by atoms with Crippen LogP contribution in [0.1, 0.15) is 25.0 Å². The first kappa shape index (κ1) is 25.7. The zero-order valence-electron chi connectivity index (χ0n) is 19.5. The van der Waals surface area contributed by atoms with Crippen molar-refractivity contribution >= 4 is 33.6 Å². The molecule has 0 bridgehead atoms. The smallest absolute Gasteiger partial charge is 0.244 e. The van der Waals surface area contributed by atoms with Gasteiger partial charge in [-0.15, -0.1) is 0 Å². The topological polar surface area (TPSA) is 24.7 Å². The van der Waals surface area contributed by atoms with Crippen LogP contribution in [0.15, 0.2) is 93.2 Å². The maximum Gasteiger partial charge on any atom is 0.435 e. The molecule has 2 aliphatic carbocycles. The second kappa shape index (κ2) is 7.53. The molecule has 6 rings (SSSR count). The summed E-state index contributed by atoms with van der Waals surface area (Å²) in [6, 6.07) is 16.4. The lowest BCUT2D eigenvalue weighted by Gasteiger charge is -2.44. The molecule has 2 nitrogen and oxygen atoms in total. The SMILES string of the molecule is CC12SC(c3ccccc3)=NC1=C1C(=C3N=C(c4ccccc4)SC32C)C(F)(F)C(F)(C(F)(F)F)C1(F)F. The van der Waals surface area contributed by atoms with Crippen LogP contribution < -0.4 is 0 Å². The number of aliphatic imine (C=N–C) groups is 2. The molecule has 4 aliphatic rings. The van der Waals surface area contributed by atoms with E-state index in [0.717, 1.165) is 23.5 Å². The fourth-order valence-corrected chi connectivity index (χ4v) is 8.21. The van der Waals surface area contributed by atoms with Gasteiger partial charge in [-0.3, -0.25) is 0 Å². The second-order valence-electron chi connectivity index (χ2n) is 9.59. The van der Waals surface area contributed by atoms with E-state index >= 15 is 22.0 Å². The zero-order chi connectivity index (χ0) is 27.5. The lowest BCUT2D eigenvalue weighted by Crippen LogP contribution is -2.61. The van der Waals surface area contributed by atoms with Crippen LogP contribution in [0.25, 0.3) is 0 Å². The number of fused-ring (bicyclic) bond motifs is 4. The van der Waals surface area contributed by atoms with Crippen molar-refractivity contribution in [1.82, 2.24) is 0 Å². The predicted molar refractivity (Wildman–Crippen MR) is 132 cm³/mol. The Labute approximate surface area is 220 Å². The number of hydrogen-bond donors (Lipinski definition) is 0. The van der Waals surface area contributed by atoms with Crippen LogP contribution in [0.2, 0.25) is 0 Å². The van der Waals surface area contributed by atoms with Crippen LogP contribution in [-0.4, -0.2) is 43.3 Å². The summed E-state index contributed by atoms with van der Waals surface area (Å²) >= 11 is 1.92.